The Hall–Kier alpha value is -2.06. The highest BCUT2D eigenvalue weighted by Crippen LogP contribution is 2.40. The lowest BCUT2D eigenvalue weighted by molar-refractivity contribution is -0.118. The Morgan fingerprint density at radius 1 is 1.38 bits per heavy atom. The molecule has 0 bridgehead atoms. The molecule has 1 saturated carbocycles. The van der Waals surface area contributed by atoms with Crippen LogP contribution in [0.2, 0.25) is 5.02 Å². The molecule has 1 aliphatic rings. The van der Waals surface area contributed by atoms with Crippen molar-refractivity contribution in [3.8, 4) is 0 Å². The second-order valence-electron chi connectivity index (χ2n) is 5.51. The number of primary amides is 1. The van der Waals surface area contributed by atoms with E-state index in [2.05, 4.69) is 15.5 Å². The third-order valence-electron chi connectivity index (χ3n) is 3.44. The number of benzene rings is 1. The molecule has 3 rings (SSSR count). The molecule has 0 spiro atoms. The van der Waals surface area contributed by atoms with Gasteiger partial charge in [-0.05, 0) is 31.0 Å². The van der Waals surface area contributed by atoms with E-state index in [9.17, 15) is 9.59 Å². The molecular weight excluding hydrogens is 350 g/mol. The van der Waals surface area contributed by atoms with Crippen molar-refractivity contribution in [1.82, 2.24) is 14.8 Å². The van der Waals surface area contributed by atoms with E-state index in [1.807, 2.05) is 0 Å². The number of nitrogens with zero attached hydrogens (tertiary/aromatic N) is 3. The first-order chi connectivity index (χ1) is 11.5. The molecule has 1 fully saturated rings. The van der Waals surface area contributed by atoms with Gasteiger partial charge in [0.1, 0.15) is 12.4 Å². The van der Waals surface area contributed by atoms with Crippen molar-refractivity contribution in [2.45, 2.75) is 30.5 Å². The van der Waals surface area contributed by atoms with E-state index >= 15 is 0 Å². The molecule has 24 heavy (non-hydrogen) atoms. The Bertz CT molecular complexity index is 775. The zero-order valence-electron chi connectivity index (χ0n) is 12.7. The van der Waals surface area contributed by atoms with Gasteiger partial charge < -0.3 is 11.1 Å². The monoisotopic (exact) mass is 365 g/mol. The number of carbonyl (C=O) groups excluding carboxylic acids is 2. The van der Waals surface area contributed by atoms with Crippen molar-refractivity contribution in [3.05, 3.63) is 35.1 Å². The van der Waals surface area contributed by atoms with E-state index in [1.54, 1.807) is 28.8 Å². The van der Waals surface area contributed by atoms with Gasteiger partial charge in [-0.25, -0.2) is 0 Å². The topological polar surface area (TPSA) is 103 Å². The molecule has 1 aliphatic carbocycles. The molecular formula is C15H16ClN5O2S. The van der Waals surface area contributed by atoms with E-state index in [4.69, 9.17) is 17.3 Å². The van der Waals surface area contributed by atoms with Crippen molar-refractivity contribution < 1.29 is 9.59 Å². The van der Waals surface area contributed by atoms with Gasteiger partial charge in [-0.1, -0.05) is 29.4 Å². The highest BCUT2D eigenvalue weighted by atomic mass is 35.5. The molecule has 1 aromatic heterocycles. The van der Waals surface area contributed by atoms with Crippen molar-refractivity contribution >= 4 is 40.9 Å². The smallest absolute Gasteiger partial charge is 0.237 e. The summed E-state index contributed by atoms with van der Waals surface area (Å²) in [6.45, 7) is 0.0249. The van der Waals surface area contributed by atoms with Gasteiger partial charge >= 0.3 is 0 Å². The summed E-state index contributed by atoms with van der Waals surface area (Å²) in [7, 11) is 0. The first kappa shape index (κ1) is 16.8. The maximum Gasteiger partial charge on any atom is 0.237 e. The van der Waals surface area contributed by atoms with Crippen molar-refractivity contribution in [3.63, 3.8) is 0 Å². The fraction of sp³-hybridized carbons (Fsp3) is 0.333. The predicted octanol–water partition coefficient (Wildman–Crippen LogP) is 2.02. The van der Waals surface area contributed by atoms with Crippen LogP contribution in [-0.4, -0.2) is 32.3 Å². The highest BCUT2D eigenvalue weighted by Gasteiger charge is 2.30. The average Bonchev–Trinajstić information content (AvgIpc) is 3.28. The summed E-state index contributed by atoms with van der Waals surface area (Å²) in [5.41, 5.74) is 5.93. The Kier molecular flexibility index (Phi) is 5.06. The maximum atomic E-state index is 12.1. The molecule has 9 heteroatoms. The molecule has 0 unspecified atom stereocenters. The number of amides is 2. The number of nitrogens with one attached hydrogen (secondary N) is 1. The lowest BCUT2D eigenvalue weighted by Crippen LogP contribution is -2.21. The Balaban J connectivity index is 1.63. The number of hydrogen-bond acceptors (Lipinski definition) is 5. The predicted molar refractivity (Wildman–Crippen MR) is 92.0 cm³/mol. The number of aromatic nitrogens is 3. The molecule has 1 aromatic carbocycles. The Labute approximate surface area is 148 Å². The van der Waals surface area contributed by atoms with Crippen LogP contribution in [0.25, 0.3) is 0 Å². The van der Waals surface area contributed by atoms with Crippen molar-refractivity contribution in [2.75, 3.05) is 11.1 Å². The average molecular weight is 366 g/mol. The molecule has 2 aromatic rings. The second kappa shape index (κ2) is 7.23. The molecule has 0 atom stereocenters. The molecule has 3 N–H and O–H groups in total. The van der Waals surface area contributed by atoms with Crippen LogP contribution >= 0.6 is 23.4 Å². The summed E-state index contributed by atoms with van der Waals surface area (Å²) in [4.78, 5) is 23.3. The fourth-order valence-corrected chi connectivity index (χ4v) is 3.18. The molecule has 0 aliphatic heterocycles. The Morgan fingerprint density at radius 3 is 2.83 bits per heavy atom. The van der Waals surface area contributed by atoms with E-state index in [0.717, 1.165) is 18.7 Å². The normalized spacial score (nSPS) is 13.7. The number of thioether (sulfide) groups is 1. The van der Waals surface area contributed by atoms with E-state index in [-0.39, 0.29) is 18.2 Å². The summed E-state index contributed by atoms with van der Waals surface area (Å²) >= 11 is 7.11. The number of hydrogen-bond donors (Lipinski definition) is 2. The van der Waals surface area contributed by atoms with E-state index < -0.39 is 5.91 Å². The van der Waals surface area contributed by atoms with Crippen molar-refractivity contribution in [1.29, 1.82) is 0 Å². The zero-order valence-corrected chi connectivity index (χ0v) is 14.3. The number of anilines is 1. The van der Waals surface area contributed by atoms with E-state index in [0.29, 0.717) is 21.8 Å². The highest BCUT2D eigenvalue weighted by molar-refractivity contribution is 7.99. The van der Waals surface area contributed by atoms with Crippen LogP contribution in [0.15, 0.2) is 29.4 Å². The van der Waals surface area contributed by atoms with Crippen LogP contribution < -0.4 is 11.1 Å². The largest absolute Gasteiger partial charge is 0.368 e. The van der Waals surface area contributed by atoms with Crippen molar-refractivity contribution in [2.24, 2.45) is 5.73 Å². The number of rotatable bonds is 7. The summed E-state index contributed by atoms with van der Waals surface area (Å²) in [6, 6.07) is 6.92. The molecule has 1 heterocycles. The van der Waals surface area contributed by atoms with Crippen LogP contribution in [0.4, 0.5) is 5.69 Å². The molecule has 2 amide bonds. The number of halogens is 1. The van der Waals surface area contributed by atoms with Crippen LogP contribution in [0.1, 0.15) is 24.6 Å². The first-order valence-corrected chi connectivity index (χ1v) is 8.79. The standard InChI is InChI=1S/C15H16ClN5O2S/c16-10-2-1-3-11(6-10)18-13(23)8-24-15-20-19-14(9-4-5-9)21(15)7-12(17)22/h1-3,6,9H,4-5,7-8H2,(H2,17,22)(H,18,23). The van der Waals surface area contributed by atoms with Crippen LogP contribution in [0.3, 0.4) is 0 Å². The lowest BCUT2D eigenvalue weighted by Gasteiger charge is -2.08. The van der Waals surface area contributed by atoms with E-state index in [1.165, 1.54) is 11.8 Å². The van der Waals surface area contributed by atoms with Gasteiger partial charge in [0.15, 0.2) is 5.16 Å². The maximum absolute atomic E-state index is 12.1. The number of carbonyl (C=O) groups is 2. The third-order valence-corrected chi connectivity index (χ3v) is 4.64. The second-order valence-corrected chi connectivity index (χ2v) is 6.89. The van der Waals surface area contributed by atoms with Gasteiger partial charge in [0.25, 0.3) is 0 Å². The molecule has 126 valence electrons. The van der Waals surface area contributed by atoms with Gasteiger partial charge in [0.05, 0.1) is 5.75 Å². The summed E-state index contributed by atoms with van der Waals surface area (Å²) in [5.74, 6) is 0.609. The SMILES string of the molecule is NC(=O)Cn1c(SCC(=O)Nc2cccc(Cl)c2)nnc1C1CC1. The lowest BCUT2D eigenvalue weighted by atomic mass is 10.3. The minimum absolute atomic E-state index is 0.0249. The van der Waals surface area contributed by atoms with Gasteiger partial charge in [-0.2, -0.15) is 0 Å². The first-order valence-electron chi connectivity index (χ1n) is 7.42. The summed E-state index contributed by atoms with van der Waals surface area (Å²) < 4.78 is 1.71. The minimum Gasteiger partial charge on any atom is -0.368 e. The van der Waals surface area contributed by atoms with Crippen LogP contribution in [0.5, 0.6) is 0 Å². The fourth-order valence-electron chi connectivity index (χ4n) is 2.25. The zero-order chi connectivity index (χ0) is 17.1. The molecule has 7 nitrogen and oxygen atoms in total. The molecule has 0 saturated heterocycles. The van der Waals surface area contributed by atoms with Crippen LogP contribution in [-0.2, 0) is 16.1 Å². The van der Waals surface area contributed by atoms with Gasteiger partial charge in [-0.15, -0.1) is 10.2 Å². The van der Waals surface area contributed by atoms with Gasteiger partial charge in [0, 0.05) is 16.6 Å². The number of nitrogens with two attached hydrogens (primary N) is 1. The minimum atomic E-state index is -0.457. The van der Waals surface area contributed by atoms with Crippen LogP contribution in [0, 0.1) is 0 Å². The van der Waals surface area contributed by atoms with Gasteiger partial charge in [0.2, 0.25) is 11.8 Å². The van der Waals surface area contributed by atoms with Gasteiger partial charge in [-0.3, -0.25) is 14.2 Å². The quantitative estimate of drug-likeness (QED) is 0.731. The third kappa shape index (κ3) is 4.27. The summed E-state index contributed by atoms with van der Waals surface area (Å²) in [6.07, 6.45) is 2.08. The summed E-state index contributed by atoms with van der Waals surface area (Å²) in [5, 5.41) is 12.1. The molecule has 0 radical (unpaired) electrons. The Morgan fingerprint density at radius 2 is 2.17 bits per heavy atom.